The van der Waals surface area contributed by atoms with Crippen molar-refractivity contribution in [2.24, 2.45) is 0 Å². The molecule has 3 aromatic rings. The van der Waals surface area contributed by atoms with Crippen molar-refractivity contribution >= 4 is 12.4 Å². The highest BCUT2D eigenvalue weighted by atomic mass is 16.4. The molecule has 0 bridgehead atoms. The summed E-state index contributed by atoms with van der Waals surface area (Å²) in [6.45, 7) is 2.81. The Bertz CT molecular complexity index is 892. The minimum Gasteiger partial charge on any atom is -0.483 e. The molecule has 1 aliphatic heterocycles. The van der Waals surface area contributed by atoms with Gasteiger partial charge in [-0.3, -0.25) is 9.59 Å². The molecule has 140 valence electrons. The summed E-state index contributed by atoms with van der Waals surface area (Å²) in [7, 11) is 0. The highest BCUT2D eigenvalue weighted by Crippen LogP contribution is 2.29. The Hall–Kier alpha value is -3.49. The summed E-state index contributed by atoms with van der Waals surface area (Å²) in [6.07, 6.45) is 3.40. The smallest absolute Gasteiger partial charge is 0.291 e. The molecule has 1 amide bonds. The molecule has 0 unspecified atom stereocenters. The molecular formula is C18H19N5O4. The summed E-state index contributed by atoms with van der Waals surface area (Å²) in [5, 5.41) is 11.3. The van der Waals surface area contributed by atoms with E-state index in [1.54, 1.807) is 4.90 Å². The maximum absolute atomic E-state index is 12.8. The van der Waals surface area contributed by atoms with Crippen LogP contribution in [0, 0.1) is 6.92 Å². The quantitative estimate of drug-likeness (QED) is 0.699. The Morgan fingerprint density at radius 2 is 2.07 bits per heavy atom. The van der Waals surface area contributed by atoms with Gasteiger partial charge in [0.2, 0.25) is 5.76 Å². The Morgan fingerprint density at radius 3 is 2.74 bits per heavy atom. The Morgan fingerprint density at radius 1 is 1.33 bits per heavy atom. The maximum Gasteiger partial charge on any atom is 0.291 e. The fourth-order valence-electron chi connectivity index (χ4n) is 3.13. The van der Waals surface area contributed by atoms with Crippen molar-refractivity contribution in [2.45, 2.75) is 25.9 Å². The first-order valence-electron chi connectivity index (χ1n) is 8.36. The van der Waals surface area contributed by atoms with Crippen LogP contribution in [0.3, 0.4) is 0 Å². The molecule has 0 radical (unpaired) electrons. The van der Waals surface area contributed by atoms with Gasteiger partial charge in [-0.05, 0) is 12.5 Å². The van der Waals surface area contributed by atoms with E-state index in [2.05, 4.69) is 27.2 Å². The summed E-state index contributed by atoms with van der Waals surface area (Å²) < 4.78 is 7.09. The number of carboxylic acid groups (broad SMARTS) is 1. The lowest BCUT2D eigenvalue weighted by Crippen LogP contribution is -2.43. The van der Waals surface area contributed by atoms with Crippen LogP contribution in [0.1, 0.15) is 33.8 Å². The van der Waals surface area contributed by atoms with E-state index in [0.717, 1.165) is 17.2 Å². The fraction of sp³-hybridized carbons (Fsp3) is 0.278. The third-order valence-electron chi connectivity index (χ3n) is 4.21. The van der Waals surface area contributed by atoms with Crippen LogP contribution >= 0.6 is 0 Å². The third kappa shape index (κ3) is 4.02. The van der Waals surface area contributed by atoms with Crippen LogP contribution in [0.25, 0.3) is 0 Å². The van der Waals surface area contributed by atoms with E-state index < -0.39 is 0 Å². The molecule has 0 spiro atoms. The highest BCUT2D eigenvalue weighted by molar-refractivity contribution is 5.91. The van der Waals surface area contributed by atoms with E-state index in [4.69, 9.17) is 14.3 Å². The van der Waals surface area contributed by atoms with Gasteiger partial charge >= 0.3 is 0 Å². The van der Waals surface area contributed by atoms with E-state index >= 15 is 0 Å². The zero-order valence-corrected chi connectivity index (χ0v) is 14.7. The molecule has 1 aliphatic rings. The van der Waals surface area contributed by atoms with Gasteiger partial charge in [0.15, 0.2) is 6.39 Å². The second kappa shape index (κ2) is 8.26. The predicted molar refractivity (Wildman–Crippen MR) is 93.9 cm³/mol. The summed E-state index contributed by atoms with van der Waals surface area (Å²) in [6, 6.07) is 9.90. The molecule has 0 aliphatic carbocycles. The number of carbonyl (C=O) groups excluding carboxylic acids is 1. The van der Waals surface area contributed by atoms with Gasteiger partial charge in [-0.2, -0.15) is 5.10 Å². The van der Waals surface area contributed by atoms with Crippen molar-refractivity contribution in [3.8, 4) is 0 Å². The number of amides is 1. The predicted octanol–water partition coefficient (Wildman–Crippen LogP) is 1.72. The number of rotatable bonds is 3. The molecule has 1 N–H and O–H groups in total. The van der Waals surface area contributed by atoms with Crippen LogP contribution < -0.4 is 0 Å². The number of carbonyl (C=O) groups is 2. The van der Waals surface area contributed by atoms with Gasteiger partial charge in [0, 0.05) is 13.0 Å². The first kappa shape index (κ1) is 18.3. The van der Waals surface area contributed by atoms with Crippen molar-refractivity contribution in [3.63, 3.8) is 0 Å². The Balaban J connectivity index is 0.000000659. The van der Waals surface area contributed by atoms with E-state index in [9.17, 15) is 4.79 Å². The summed E-state index contributed by atoms with van der Waals surface area (Å²) in [5.41, 5.74) is 1.15. The molecule has 1 aromatic carbocycles. The number of aryl methyl sites for hydroxylation is 1. The van der Waals surface area contributed by atoms with Gasteiger partial charge in [-0.25, -0.2) is 14.6 Å². The second-order valence-electron chi connectivity index (χ2n) is 5.92. The number of nitrogens with zero attached hydrogens (tertiary/aromatic N) is 5. The maximum atomic E-state index is 12.8. The van der Waals surface area contributed by atoms with Crippen molar-refractivity contribution in [2.75, 3.05) is 6.54 Å². The molecule has 2 aromatic heterocycles. The molecular weight excluding hydrogens is 350 g/mol. The molecule has 4 rings (SSSR count). The largest absolute Gasteiger partial charge is 0.483 e. The van der Waals surface area contributed by atoms with Crippen LogP contribution in [-0.4, -0.2) is 48.7 Å². The van der Waals surface area contributed by atoms with Crippen LogP contribution in [-0.2, 0) is 17.8 Å². The number of hydrogen-bond acceptors (Lipinski definition) is 6. The first-order chi connectivity index (χ1) is 13.1. The lowest BCUT2D eigenvalue weighted by atomic mass is 10.0. The Kier molecular flexibility index (Phi) is 5.60. The molecule has 9 nitrogen and oxygen atoms in total. The van der Waals surface area contributed by atoms with Crippen molar-refractivity contribution in [3.05, 3.63) is 65.9 Å². The van der Waals surface area contributed by atoms with Gasteiger partial charge in [0.25, 0.3) is 12.4 Å². The molecule has 3 heterocycles. The standard InChI is InChI=1S/C17H17N5O2.CH2O2/c1-12-19-16-14(9-13-5-3-2-4-6-13)21(7-8-22(16)20-12)17(23)15-10-18-11-24-15;2-1-3/h2-6,10-11,14H,7-9H2,1H3;1H,(H,2,3)/t14-;/m0./s1. The van der Waals surface area contributed by atoms with E-state index in [1.807, 2.05) is 29.8 Å². The molecule has 27 heavy (non-hydrogen) atoms. The normalized spacial score (nSPS) is 15.4. The zero-order valence-electron chi connectivity index (χ0n) is 14.7. The van der Waals surface area contributed by atoms with E-state index in [-0.39, 0.29) is 24.2 Å². The lowest BCUT2D eigenvalue weighted by molar-refractivity contribution is -0.122. The van der Waals surface area contributed by atoms with Gasteiger partial charge in [0.05, 0.1) is 18.8 Å². The zero-order chi connectivity index (χ0) is 19.2. The van der Waals surface area contributed by atoms with Crippen molar-refractivity contribution in [1.82, 2.24) is 24.6 Å². The molecule has 1 atom stereocenters. The fourth-order valence-corrected chi connectivity index (χ4v) is 3.13. The number of hydrogen-bond donors (Lipinski definition) is 1. The van der Waals surface area contributed by atoms with Crippen LogP contribution in [0.15, 0.2) is 47.3 Å². The van der Waals surface area contributed by atoms with Crippen LogP contribution in [0.4, 0.5) is 0 Å². The third-order valence-corrected chi connectivity index (χ3v) is 4.21. The summed E-state index contributed by atoms with van der Waals surface area (Å²) in [4.78, 5) is 31.4. The first-order valence-corrected chi connectivity index (χ1v) is 8.36. The molecule has 0 saturated carbocycles. The SMILES string of the molecule is Cc1nc2n(n1)CCN(C(=O)c1cnco1)[C@H]2Cc1ccccc1.O=CO. The van der Waals surface area contributed by atoms with Gasteiger partial charge in [-0.1, -0.05) is 30.3 Å². The second-order valence-corrected chi connectivity index (χ2v) is 5.92. The van der Waals surface area contributed by atoms with Crippen molar-refractivity contribution in [1.29, 1.82) is 0 Å². The molecule has 9 heteroatoms. The van der Waals surface area contributed by atoms with Gasteiger partial charge < -0.3 is 14.4 Å². The van der Waals surface area contributed by atoms with Gasteiger partial charge in [0.1, 0.15) is 11.6 Å². The average molecular weight is 369 g/mol. The number of fused-ring (bicyclic) bond motifs is 1. The minimum atomic E-state index is -0.250. The number of oxazole rings is 1. The minimum absolute atomic E-state index is 0.166. The lowest BCUT2D eigenvalue weighted by Gasteiger charge is -2.34. The highest BCUT2D eigenvalue weighted by Gasteiger charge is 2.35. The molecule has 0 saturated heterocycles. The summed E-state index contributed by atoms with van der Waals surface area (Å²) >= 11 is 0. The number of benzene rings is 1. The van der Waals surface area contributed by atoms with Crippen LogP contribution in [0.2, 0.25) is 0 Å². The topological polar surface area (TPSA) is 114 Å². The average Bonchev–Trinajstić information content (AvgIpc) is 3.32. The Labute approximate surface area is 155 Å². The van der Waals surface area contributed by atoms with E-state index in [1.165, 1.54) is 12.6 Å². The van der Waals surface area contributed by atoms with Crippen LogP contribution in [0.5, 0.6) is 0 Å². The number of aromatic nitrogens is 4. The van der Waals surface area contributed by atoms with Gasteiger partial charge in [-0.15, -0.1) is 0 Å². The van der Waals surface area contributed by atoms with E-state index in [0.29, 0.717) is 19.5 Å². The monoisotopic (exact) mass is 369 g/mol. The molecule has 0 fully saturated rings. The summed E-state index contributed by atoms with van der Waals surface area (Å²) in [5.74, 6) is 1.62. The van der Waals surface area contributed by atoms with Crippen molar-refractivity contribution < 1.29 is 19.1 Å².